The molecule has 146 valence electrons. The van der Waals surface area contributed by atoms with Crippen molar-refractivity contribution in [3.63, 3.8) is 0 Å². The molecule has 1 aromatic heterocycles. The maximum atomic E-state index is 13.0. The highest BCUT2D eigenvalue weighted by atomic mass is 32.1. The number of anilines is 1. The summed E-state index contributed by atoms with van der Waals surface area (Å²) < 4.78 is 16.0. The summed E-state index contributed by atoms with van der Waals surface area (Å²) in [5.41, 5.74) is 2.14. The Kier molecular flexibility index (Phi) is 6.62. The van der Waals surface area contributed by atoms with E-state index in [1.807, 2.05) is 41.8 Å². The minimum absolute atomic E-state index is 0.115. The molecule has 6 nitrogen and oxygen atoms in total. The number of amides is 1. The van der Waals surface area contributed by atoms with Crippen LogP contribution in [0.3, 0.4) is 0 Å². The van der Waals surface area contributed by atoms with Crippen LogP contribution in [0.1, 0.15) is 10.4 Å². The molecular formula is C21H22N2O4S. The van der Waals surface area contributed by atoms with E-state index in [0.29, 0.717) is 35.3 Å². The van der Waals surface area contributed by atoms with Crippen molar-refractivity contribution in [1.29, 1.82) is 0 Å². The Balaban J connectivity index is 1.96. The van der Waals surface area contributed by atoms with Gasteiger partial charge < -0.3 is 14.2 Å². The Labute approximate surface area is 168 Å². The number of hydrogen-bond acceptors (Lipinski definition) is 6. The van der Waals surface area contributed by atoms with Crippen molar-refractivity contribution in [2.24, 2.45) is 0 Å². The molecule has 3 rings (SSSR count). The smallest absolute Gasteiger partial charge is 0.260 e. The topological polar surface area (TPSA) is 60.9 Å². The van der Waals surface area contributed by atoms with Gasteiger partial charge in [-0.15, -0.1) is 11.3 Å². The summed E-state index contributed by atoms with van der Waals surface area (Å²) in [5.74, 6) is 1.29. The normalized spacial score (nSPS) is 10.5. The first-order chi connectivity index (χ1) is 13.7. The zero-order valence-corrected chi connectivity index (χ0v) is 16.9. The van der Waals surface area contributed by atoms with Crippen LogP contribution in [0.25, 0.3) is 11.3 Å². The van der Waals surface area contributed by atoms with Gasteiger partial charge in [-0.05, 0) is 30.3 Å². The maximum Gasteiger partial charge on any atom is 0.260 e. The molecule has 0 saturated carbocycles. The molecule has 0 N–H and O–H groups in total. The second kappa shape index (κ2) is 9.34. The first kappa shape index (κ1) is 19.9. The number of rotatable bonds is 8. The van der Waals surface area contributed by atoms with Crippen LogP contribution >= 0.6 is 11.3 Å². The molecule has 0 aliphatic rings. The van der Waals surface area contributed by atoms with E-state index in [1.165, 1.54) is 11.3 Å². The summed E-state index contributed by atoms with van der Waals surface area (Å²) in [6.07, 6.45) is 0. The quantitative estimate of drug-likeness (QED) is 0.571. The first-order valence-electron chi connectivity index (χ1n) is 8.71. The van der Waals surface area contributed by atoms with E-state index in [4.69, 9.17) is 19.2 Å². The van der Waals surface area contributed by atoms with Gasteiger partial charge in [0.15, 0.2) is 5.13 Å². The predicted octanol–water partition coefficient (Wildman–Crippen LogP) is 4.12. The van der Waals surface area contributed by atoms with Gasteiger partial charge >= 0.3 is 0 Å². The molecular weight excluding hydrogens is 376 g/mol. The van der Waals surface area contributed by atoms with Gasteiger partial charge in [0.2, 0.25) is 0 Å². The first-order valence-corrected chi connectivity index (χ1v) is 9.59. The third-order valence-electron chi connectivity index (χ3n) is 4.19. The molecule has 0 saturated heterocycles. The van der Waals surface area contributed by atoms with E-state index < -0.39 is 0 Å². The number of thiazole rings is 1. The zero-order chi connectivity index (χ0) is 19.9. The van der Waals surface area contributed by atoms with E-state index in [1.54, 1.807) is 38.4 Å². The van der Waals surface area contributed by atoms with E-state index >= 15 is 0 Å². The summed E-state index contributed by atoms with van der Waals surface area (Å²) in [6, 6.07) is 14.7. The highest BCUT2D eigenvalue weighted by Crippen LogP contribution is 2.36. The maximum absolute atomic E-state index is 13.0. The number of aromatic nitrogens is 1. The van der Waals surface area contributed by atoms with Crippen LogP contribution in [0, 0.1) is 0 Å². The van der Waals surface area contributed by atoms with Gasteiger partial charge in [-0.25, -0.2) is 4.98 Å². The number of ether oxygens (including phenoxy) is 3. The van der Waals surface area contributed by atoms with Gasteiger partial charge in [0.1, 0.15) is 11.5 Å². The number of nitrogens with zero attached hydrogens (tertiary/aromatic N) is 2. The van der Waals surface area contributed by atoms with Gasteiger partial charge in [-0.2, -0.15) is 0 Å². The number of benzene rings is 2. The molecule has 7 heteroatoms. The fourth-order valence-corrected chi connectivity index (χ4v) is 3.58. The van der Waals surface area contributed by atoms with Gasteiger partial charge in [-0.3, -0.25) is 9.69 Å². The fourth-order valence-electron chi connectivity index (χ4n) is 2.73. The Morgan fingerprint density at radius 2 is 1.86 bits per heavy atom. The lowest BCUT2D eigenvalue weighted by Gasteiger charge is -2.19. The van der Waals surface area contributed by atoms with Crippen LogP contribution in [0.2, 0.25) is 0 Å². The number of carbonyl (C=O) groups excluding carboxylic acids is 1. The molecule has 0 fully saturated rings. The number of carbonyl (C=O) groups is 1. The van der Waals surface area contributed by atoms with E-state index in [-0.39, 0.29) is 5.91 Å². The van der Waals surface area contributed by atoms with Crippen molar-refractivity contribution in [3.8, 4) is 22.8 Å². The number of methoxy groups -OCH3 is 3. The van der Waals surface area contributed by atoms with Crippen molar-refractivity contribution in [1.82, 2.24) is 4.98 Å². The van der Waals surface area contributed by atoms with E-state index in [9.17, 15) is 4.79 Å². The SMILES string of the molecule is COCCN(C(=O)c1ccccc1)c1nc(-c2cc(OC)ccc2OC)cs1. The molecule has 0 radical (unpaired) electrons. The molecule has 0 aliphatic heterocycles. The lowest BCUT2D eigenvalue weighted by molar-refractivity contribution is 0.0976. The summed E-state index contributed by atoms with van der Waals surface area (Å²) in [7, 11) is 4.84. The summed E-state index contributed by atoms with van der Waals surface area (Å²) >= 11 is 1.40. The Bertz CT molecular complexity index is 927. The minimum Gasteiger partial charge on any atom is -0.497 e. The zero-order valence-electron chi connectivity index (χ0n) is 16.0. The molecule has 0 spiro atoms. The standard InChI is InChI=1S/C21H22N2O4S/c1-25-12-11-23(20(24)15-7-5-4-6-8-15)21-22-18(14-28-21)17-13-16(26-2)9-10-19(17)27-3/h4-10,13-14H,11-12H2,1-3H3. The third kappa shape index (κ3) is 4.32. The third-order valence-corrected chi connectivity index (χ3v) is 5.05. The summed E-state index contributed by atoms with van der Waals surface area (Å²) in [4.78, 5) is 19.3. The van der Waals surface area contributed by atoms with Crippen LogP contribution in [-0.2, 0) is 4.74 Å². The monoisotopic (exact) mass is 398 g/mol. The van der Waals surface area contributed by atoms with Gasteiger partial charge in [0.05, 0.1) is 33.1 Å². The summed E-state index contributed by atoms with van der Waals surface area (Å²) in [5, 5.41) is 2.51. The van der Waals surface area contributed by atoms with Crippen molar-refractivity contribution in [3.05, 3.63) is 59.5 Å². The highest BCUT2D eigenvalue weighted by Gasteiger charge is 2.21. The van der Waals surface area contributed by atoms with Gasteiger partial charge in [0, 0.05) is 23.6 Å². The second-order valence-electron chi connectivity index (χ2n) is 5.90. The van der Waals surface area contributed by atoms with Crippen LogP contribution in [-0.4, -0.2) is 45.4 Å². The second-order valence-corrected chi connectivity index (χ2v) is 6.73. The Morgan fingerprint density at radius 3 is 2.54 bits per heavy atom. The number of hydrogen-bond donors (Lipinski definition) is 0. The van der Waals surface area contributed by atoms with E-state index in [0.717, 1.165) is 11.3 Å². The van der Waals surface area contributed by atoms with Crippen LogP contribution in [0.15, 0.2) is 53.9 Å². The summed E-state index contributed by atoms with van der Waals surface area (Å²) in [6.45, 7) is 0.822. The lowest BCUT2D eigenvalue weighted by atomic mass is 10.1. The van der Waals surface area contributed by atoms with Crippen molar-refractivity contribution < 1.29 is 19.0 Å². The van der Waals surface area contributed by atoms with Crippen molar-refractivity contribution >= 4 is 22.4 Å². The van der Waals surface area contributed by atoms with Gasteiger partial charge in [0.25, 0.3) is 5.91 Å². The molecule has 0 unspecified atom stereocenters. The molecule has 3 aromatic rings. The van der Waals surface area contributed by atoms with Crippen molar-refractivity contribution in [2.75, 3.05) is 39.4 Å². The molecule has 1 amide bonds. The average molecular weight is 398 g/mol. The van der Waals surface area contributed by atoms with Crippen LogP contribution in [0.5, 0.6) is 11.5 Å². The van der Waals surface area contributed by atoms with Crippen LogP contribution < -0.4 is 14.4 Å². The molecule has 0 atom stereocenters. The minimum atomic E-state index is -0.115. The fraction of sp³-hybridized carbons (Fsp3) is 0.238. The predicted molar refractivity (Wildman–Crippen MR) is 111 cm³/mol. The molecule has 2 aromatic carbocycles. The Hall–Kier alpha value is -2.90. The van der Waals surface area contributed by atoms with E-state index in [2.05, 4.69) is 0 Å². The Morgan fingerprint density at radius 1 is 1.07 bits per heavy atom. The highest BCUT2D eigenvalue weighted by molar-refractivity contribution is 7.14. The van der Waals surface area contributed by atoms with Crippen molar-refractivity contribution in [2.45, 2.75) is 0 Å². The molecule has 0 aliphatic carbocycles. The van der Waals surface area contributed by atoms with Gasteiger partial charge in [-0.1, -0.05) is 18.2 Å². The largest absolute Gasteiger partial charge is 0.497 e. The molecule has 1 heterocycles. The molecule has 28 heavy (non-hydrogen) atoms. The average Bonchev–Trinajstić information content (AvgIpc) is 3.23. The van der Waals surface area contributed by atoms with Crippen LogP contribution in [0.4, 0.5) is 5.13 Å². The lowest BCUT2D eigenvalue weighted by Crippen LogP contribution is -2.33. The molecule has 0 bridgehead atoms.